The Balaban J connectivity index is 2.21. The van der Waals surface area contributed by atoms with Crippen molar-refractivity contribution in [2.75, 3.05) is 0 Å². The van der Waals surface area contributed by atoms with E-state index in [0.29, 0.717) is 0 Å². The smallest absolute Gasteiger partial charge is 0.0538 e. The van der Waals surface area contributed by atoms with E-state index in [-0.39, 0.29) is 0 Å². The molecule has 16 heavy (non-hydrogen) atoms. The summed E-state index contributed by atoms with van der Waals surface area (Å²) in [6.07, 6.45) is 7.05. The maximum Gasteiger partial charge on any atom is 0.0538 e. The van der Waals surface area contributed by atoms with E-state index in [2.05, 4.69) is 36.4 Å². The molecule has 0 nitrogen and oxygen atoms in total. The van der Waals surface area contributed by atoms with E-state index in [1.807, 2.05) is 22.7 Å². The molecule has 0 amide bonds. The van der Waals surface area contributed by atoms with Crippen molar-refractivity contribution in [3.8, 4) is 0 Å². The molecule has 0 bridgehead atoms. The summed E-state index contributed by atoms with van der Waals surface area (Å²) in [5.74, 6) is 0. The maximum atomic E-state index is 2.31. The Morgan fingerprint density at radius 1 is 1.00 bits per heavy atom. The highest BCUT2D eigenvalue weighted by Gasteiger charge is 2.16. The number of thiophene rings is 2. The Hall–Kier alpha value is -1.12. The lowest BCUT2D eigenvalue weighted by Gasteiger charge is -2.02. The Kier molecular flexibility index (Phi) is 1.79. The fourth-order valence-corrected chi connectivity index (χ4v) is 5.14. The Bertz CT molecular complexity index is 713. The summed E-state index contributed by atoms with van der Waals surface area (Å²) in [6.45, 7) is 0. The third-order valence-corrected chi connectivity index (χ3v) is 5.77. The fraction of sp³-hybridized carbons (Fsp3) is 0.143. The summed E-state index contributed by atoms with van der Waals surface area (Å²) in [5, 5.41) is 1.44. The lowest BCUT2D eigenvalue weighted by Crippen LogP contribution is -1.86. The molecule has 0 spiro atoms. The van der Waals surface area contributed by atoms with Crippen LogP contribution in [0.2, 0.25) is 0 Å². The minimum Gasteiger partial charge on any atom is -0.138 e. The largest absolute Gasteiger partial charge is 0.138 e. The average molecular weight is 242 g/mol. The lowest BCUT2D eigenvalue weighted by molar-refractivity contribution is 1.02. The highest BCUT2D eigenvalue weighted by molar-refractivity contribution is 7.33. The molecule has 4 rings (SSSR count). The zero-order chi connectivity index (χ0) is 10.5. The first-order chi connectivity index (χ1) is 7.93. The van der Waals surface area contributed by atoms with Crippen LogP contribution in [0.4, 0.5) is 0 Å². The summed E-state index contributed by atoms with van der Waals surface area (Å²) >= 11 is 3.94. The monoisotopic (exact) mass is 242 g/mol. The molecule has 0 atom stereocenters. The molecule has 0 unspecified atom stereocenters. The van der Waals surface area contributed by atoms with Gasteiger partial charge in [0, 0.05) is 20.5 Å². The second-order valence-corrected chi connectivity index (χ2v) is 6.29. The Morgan fingerprint density at radius 3 is 2.94 bits per heavy atom. The second kappa shape index (κ2) is 3.19. The highest BCUT2D eigenvalue weighted by atomic mass is 32.1. The summed E-state index contributed by atoms with van der Waals surface area (Å²) in [5.41, 5.74) is 1.49. The standard InChI is InChI=1S/C14H10S2/c1-3-7-11-9(5-1)13-14(15-11)10-6-2-4-8-12(10)16-13/h1-3,5-7H,4,8H2. The molecule has 1 aliphatic carbocycles. The van der Waals surface area contributed by atoms with Gasteiger partial charge in [-0.1, -0.05) is 30.4 Å². The first kappa shape index (κ1) is 8.97. The zero-order valence-electron chi connectivity index (χ0n) is 8.69. The molecule has 3 aromatic rings. The number of aryl methyl sites for hydroxylation is 1. The van der Waals surface area contributed by atoms with Gasteiger partial charge >= 0.3 is 0 Å². The topological polar surface area (TPSA) is 0 Å². The van der Waals surface area contributed by atoms with Crippen LogP contribution < -0.4 is 0 Å². The van der Waals surface area contributed by atoms with Crippen LogP contribution in [-0.2, 0) is 6.42 Å². The molecular formula is C14H10S2. The number of hydrogen-bond acceptors (Lipinski definition) is 2. The van der Waals surface area contributed by atoms with Gasteiger partial charge in [0.05, 0.1) is 9.40 Å². The van der Waals surface area contributed by atoms with Gasteiger partial charge in [-0.15, -0.1) is 22.7 Å². The molecule has 0 aliphatic heterocycles. The van der Waals surface area contributed by atoms with Crippen LogP contribution in [0.1, 0.15) is 16.9 Å². The summed E-state index contributed by atoms with van der Waals surface area (Å²) in [6, 6.07) is 8.75. The van der Waals surface area contributed by atoms with Gasteiger partial charge < -0.3 is 0 Å². The maximum absolute atomic E-state index is 2.31. The number of rotatable bonds is 0. The minimum absolute atomic E-state index is 1.21. The molecule has 0 N–H and O–H groups in total. The van der Waals surface area contributed by atoms with Gasteiger partial charge in [-0.2, -0.15) is 0 Å². The highest BCUT2D eigenvalue weighted by Crippen LogP contribution is 2.44. The fourth-order valence-electron chi connectivity index (χ4n) is 2.38. The average Bonchev–Trinajstić information content (AvgIpc) is 2.85. The van der Waals surface area contributed by atoms with Crippen molar-refractivity contribution in [2.24, 2.45) is 0 Å². The molecule has 0 fully saturated rings. The van der Waals surface area contributed by atoms with Gasteiger partial charge in [-0.3, -0.25) is 0 Å². The Labute approximate surface area is 102 Å². The number of benzene rings is 1. The van der Waals surface area contributed by atoms with Crippen LogP contribution in [-0.4, -0.2) is 0 Å². The zero-order valence-corrected chi connectivity index (χ0v) is 10.3. The molecular weight excluding hydrogens is 232 g/mol. The van der Waals surface area contributed by atoms with Crippen molar-refractivity contribution in [2.45, 2.75) is 12.8 Å². The molecule has 0 saturated carbocycles. The molecule has 2 heterocycles. The van der Waals surface area contributed by atoms with Gasteiger partial charge in [0.15, 0.2) is 0 Å². The second-order valence-electron chi connectivity index (χ2n) is 4.14. The molecule has 0 saturated heterocycles. The van der Waals surface area contributed by atoms with E-state index in [1.54, 1.807) is 4.88 Å². The van der Waals surface area contributed by atoms with Crippen LogP contribution in [0, 0.1) is 0 Å². The summed E-state index contributed by atoms with van der Waals surface area (Å²) < 4.78 is 4.42. The van der Waals surface area contributed by atoms with Crippen molar-refractivity contribution in [1.29, 1.82) is 0 Å². The van der Waals surface area contributed by atoms with E-state index in [4.69, 9.17) is 0 Å². The van der Waals surface area contributed by atoms with Crippen molar-refractivity contribution < 1.29 is 0 Å². The van der Waals surface area contributed by atoms with Crippen LogP contribution >= 0.6 is 22.7 Å². The Morgan fingerprint density at radius 2 is 1.94 bits per heavy atom. The van der Waals surface area contributed by atoms with Gasteiger partial charge in [-0.05, 0) is 18.9 Å². The number of allylic oxidation sites excluding steroid dienone is 1. The van der Waals surface area contributed by atoms with Crippen LogP contribution in [0.5, 0.6) is 0 Å². The lowest BCUT2D eigenvalue weighted by atomic mass is 10.1. The minimum atomic E-state index is 1.21. The number of hydrogen-bond donors (Lipinski definition) is 0. The number of fused-ring (bicyclic) bond motifs is 5. The van der Waals surface area contributed by atoms with Crippen molar-refractivity contribution >= 4 is 48.2 Å². The van der Waals surface area contributed by atoms with E-state index < -0.39 is 0 Å². The third-order valence-electron chi connectivity index (χ3n) is 3.14. The van der Waals surface area contributed by atoms with Gasteiger partial charge in [0.1, 0.15) is 0 Å². The van der Waals surface area contributed by atoms with Crippen LogP contribution in [0.15, 0.2) is 30.3 Å². The van der Waals surface area contributed by atoms with E-state index in [9.17, 15) is 0 Å². The molecule has 1 aliphatic rings. The quantitative estimate of drug-likeness (QED) is 0.516. The first-order valence-electron chi connectivity index (χ1n) is 5.53. The third kappa shape index (κ3) is 1.09. The molecule has 2 heteroatoms. The van der Waals surface area contributed by atoms with Crippen molar-refractivity contribution in [3.63, 3.8) is 0 Å². The van der Waals surface area contributed by atoms with Gasteiger partial charge in [0.2, 0.25) is 0 Å². The van der Waals surface area contributed by atoms with Crippen molar-refractivity contribution in [1.82, 2.24) is 0 Å². The van der Waals surface area contributed by atoms with Crippen LogP contribution in [0.25, 0.3) is 25.6 Å². The van der Waals surface area contributed by atoms with E-state index in [1.165, 1.54) is 37.9 Å². The normalized spacial score (nSPS) is 14.8. The molecule has 78 valence electrons. The SMILES string of the molecule is C1=Cc2c(sc3c2sc2ccccc23)CC1. The first-order valence-corrected chi connectivity index (χ1v) is 7.16. The molecule has 2 aromatic heterocycles. The predicted molar refractivity (Wildman–Crippen MR) is 74.6 cm³/mol. The van der Waals surface area contributed by atoms with E-state index in [0.717, 1.165) is 0 Å². The predicted octanol–water partition coefficient (Wildman–Crippen LogP) is 5.08. The van der Waals surface area contributed by atoms with E-state index >= 15 is 0 Å². The summed E-state index contributed by atoms with van der Waals surface area (Å²) in [7, 11) is 0. The van der Waals surface area contributed by atoms with Gasteiger partial charge in [0.25, 0.3) is 0 Å². The molecule has 0 radical (unpaired) electrons. The van der Waals surface area contributed by atoms with Gasteiger partial charge in [-0.25, -0.2) is 0 Å². The molecule has 1 aromatic carbocycles. The van der Waals surface area contributed by atoms with Crippen molar-refractivity contribution in [3.05, 3.63) is 40.8 Å². The summed E-state index contributed by atoms with van der Waals surface area (Å²) in [4.78, 5) is 1.58. The van der Waals surface area contributed by atoms with Crippen LogP contribution in [0.3, 0.4) is 0 Å².